The van der Waals surface area contributed by atoms with Crippen molar-refractivity contribution in [3.63, 3.8) is 0 Å². The summed E-state index contributed by atoms with van der Waals surface area (Å²) in [6.07, 6.45) is 1.98. The quantitative estimate of drug-likeness (QED) is 0.614. The number of nitrogens with one attached hydrogen (secondary N) is 1. The average molecular weight is 164 g/mol. The van der Waals surface area contributed by atoms with E-state index in [0.29, 0.717) is 6.10 Å². The van der Waals surface area contributed by atoms with Crippen molar-refractivity contribution in [2.45, 2.75) is 12.5 Å². The number of ether oxygens (including phenoxy) is 1. The van der Waals surface area contributed by atoms with Gasteiger partial charge in [0.25, 0.3) is 0 Å². The highest BCUT2D eigenvalue weighted by Gasteiger charge is 2.43. The molecule has 0 aromatic heterocycles. The minimum absolute atomic E-state index is 0. The second-order valence-corrected chi connectivity index (χ2v) is 3.11. The maximum Gasteiger partial charge on any atom is 0.0652 e. The zero-order valence-corrected chi connectivity index (χ0v) is 6.99. The van der Waals surface area contributed by atoms with E-state index in [2.05, 4.69) is 5.32 Å². The first-order chi connectivity index (χ1) is 4.42. The van der Waals surface area contributed by atoms with Crippen LogP contribution in [0.4, 0.5) is 0 Å². The van der Waals surface area contributed by atoms with Gasteiger partial charge in [-0.05, 0) is 18.3 Å². The molecule has 3 heteroatoms. The average Bonchev–Trinajstić information content (AvgIpc) is 1.90. The lowest BCUT2D eigenvalue weighted by Gasteiger charge is -2.48. The zero-order chi connectivity index (χ0) is 6.27. The molecule has 3 rings (SSSR count). The Hall–Kier alpha value is 0.210. The van der Waals surface area contributed by atoms with Crippen LogP contribution in [0.15, 0.2) is 0 Å². The second-order valence-electron chi connectivity index (χ2n) is 3.11. The van der Waals surface area contributed by atoms with E-state index in [9.17, 15) is 0 Å². The highest BCUT2D eigenvalue weighted by molar-refractivity contribution is 5.85. The molecular weight excluding hydrogens is 150 g/mol. The van der Waals surface area contributed by atoms with Crippen molar-refractivity contribution in [3.8, 4) is 0 Å². The smallest absolute Gasteiger partial charge is 0.0652 e. The maximum absolute atomic E-state index is 5.31. The molecule has 0 aromatic rings. The Balaban J connectivity index is 0.000000500. The minimum atomic E-state index is 0. The third kappa shape index (κ3) is 1.04. The Bertz CT molecular complexity index is 106. The summed E-state index contributed by atoms with van der Waals surface area (Å²) in [5, 5.41) is 3.37. The molecule has 10 heavy (non-hydrogen) atoms. The molecular formula is C7H14ClNO. The molecule has 3 atom stereocenters. The van der Waals surface area contributed by atoms with Gasteiger partial charge in [-0.3, -0.25) is 0 Å². The summed E-state index contributed by atoms with van der Waals surface area (Å²) >= 11 is 0. The van der Waals surface area contributed by atoms with Crippen molar-refractivity contribution >= 4 is 12.4 Å². The minimum Gasteiger partial charge on any atom is -0.381 e. The Kier molecular flexibility index (Phi) is 2.55. The lowest BCUT2D eigenvalue weighted by atomic mass is 9.69. The molecule has 2 bridgehead atoms. The van der Waals surface area contributed by atoms with Crippen LogP contribution in [0.3, 0.4) is 0 Å². The van der Waals surface area contributed by atoms with Crippen LogP contribution in [-0.2, 0) is 4.74 Å². The van der Waals surface area contributed by atoms with Crippen LogP contribution in [0.2, 0.25) is 0 Å². The van der Waals surface area contributed by atoms with Gasteiger partial charge in [-0.15, -0.1) is 12.4 Å². The molecule has 1 aliphatic carbocycles. The highest BCUT2D eigenvalue weighted by atomic mass is 35.5. The highest BCUT2D eigenvalue weighted by Crippen LogP contribution is 2.38. The maximum atomic E-state index is 5.31. The van der Waals surface area contributed by atoms with E-state index in [1.165, 1.54) is 19.5 Å². The predicted octanol–water partition coefficient (Wildman–Crippen LogP) is 0.662. The number of rotatable bonds is 1. The van der Waals surface area contributed by atoms with Gasteiger partial charge in [-0.1, -0.05) is 0 Å². The topological polar surface area (TPSA) is 21.3 Å². The monoisotopic (exact) mass is 163 g/mol. The van der Waals surface area contributed by atoms with E-state index >= 15 is 0 Å². The van der Waals surface area contributed by atoms with E-state index in [0.717, 1.165) is 11.8 Å². The molecule has 2 heterocycles. The fraction of sp³-hybridized carbons (Fsp3) is 1.00. The van der Waals surface area contributed by atoms with Crippen molar-refractivity contribution in [1.29, 1.82) is 0 Å². The standard InChI is InChI=1S/C7H13NO.ClH/c1-9-7-5-2-6(7)4-8-3-5;/h5-8H,2-4H2,1H3;1H/t5-,6+,7?;. The molecule has 3 fully saturated rings. The van der Waals surface area contributed by atoms with Crippen LogP contribution in [0.25, 0.3) is 0 Å². The van der Waals surface area contributed by atoms with Crippen molar-refractivity contribution in [2.75, 3.05) is 20.2 Å². The fourth-order valence-corrected chi connectivity index (χ4v) is 2.08. The number of fused-ring (bicyclic) bond motifs is 2. The number of methoxy groups -OCH3 is 1. The van der Waals surface area contributed by atoms with Crippen molar-refractivity contribution in [2.24, 2.45) is 11.8 Å². The van der Waals surface area contributed by atoms with Gasteiger partial charge in [0.1, 0.15) is 0 Å². The first-order valence-electron chi connectivity index (χ1n) is 3.65. The van der Waals surface area contributed by atoms with E-state index in [4.69, 9.17) is 4.74 Å². The first-order valence-corrected chi connectivity index (χ1v) is 3.65. The van der Waals surface area contributed by atoms with Crippen LogP contribution in [0.1, 0.15) is 6.42 Å². The predicted molar refractivity (Wildman–Crippen MR) is 42.5 cm³/mol. The van der Waals surface area contributed by atoms with Crippen molar-refractivity contribution in [1.82, 2.24) is 5.32 Å². The van der Waals surface area contributed by atoms with Gasteiger partial charge in [0.05, 0.1) is 6.10 Å². The summed E-state index contributed by atoms with van der Waals surface area (Å²) in [4.78, 5) is 0. The third-order valence-electron chi connectivity index (χ3n) is 2.62. The molecule has 0 aromatic carbocycles. The van der Waals surface area contributed by atoms with Crippen molar-refractivity contribution < 1.29 is 4.74 Å². The van der Waals surface area contributed by atoms with Gasteiger partial charge in [0.15, 0.2) is 0 Å². The van der Waals surface area contributed by atoms with Crippen LogP contribution in [0.5, 0.6) is 0 Å². The molecule has 2 saturated heterocycles. The molecule has 0 amide bonds. The van der Waals surface area contributed by atoms with Crippen LogP contribution in [0, 0.1) is 11.8 Å². The Morgan fingerprint density at radius 1 is 1.30 bits per heavy atom. The fourth-order valence-electron chi connectivity index (χ4n) is 2.08. The van der Waals surface area contributed by atoms with Crippen LogP contribution < -0.4 is 5.32 Å². The van der Waals surface area contributed by atoms with Gasteiger partial charge < -0.3 is 10.1 Å². The van der Waals surface area contributed by atoms with Gasteiger partial charge >= 0.3 is 0 Å². The molecule has 2 nitrogen and oxygen atoms in total. The largest absolute Gasteiger partial charge is 0.381 e. The Morgan fingerprint density at radius 2 is 1.90 bits per heavy atom. The molecule has 0 spiro atoms. The van der Waals surface area contributed by atoms with Crippen molar-refractivity contribution in [3.05, 3.63) is 0 Å². The van der Waals surface area contributed by atoms with Crippen LogP contribution >= 0.6 is 12.4 Å². The summed E-state index contributed by atoms with van der Waals surface area (Å²) in [6, 6.07) is 0. The van der Waals surface area contributed by atoms with Gasteiger partial charge in [-0.25, -0.2) is 0 Å². The lowest BCUT2D eigenvalue weighted by molar-refractivity contribution is -0.0898. The Morgan fingerprint density at radius 3 is 2.20 bits per heavy atom. The summed E-state index contributed by atoms with van der Waals surface area (Å²) in [6.45, 7) is 2.35. The van der Waals surface area contributed by atoms with E-state index in [1.54, 1.807) is 0 Å². The van der Waals surface area contributed by atoms with Gasteiger partial charge in [0.2, 0.25) is 0 Å². The summed E-state index contributed by atoms with van der Waals surface area (Å²) < 4.78 is 5.31. The SMILES string of the molecule is COC1[C@@H]2CNC[C@H]1C2.Cl. The van der Waals surface area contributed by atoms with E-state index in [-0.39, 0.29) is 12.4 Å². The molecule has 60 valence electrons. The number of hydrogen-bond donors (Lipinski definition) is 1. The molecule has 0 radical (unpaired) electrons. The lowest BCUT2D eigenvalue weighted by Crippen LogP contribution is -2.57. The van der Waals surface area contributed by atoms with E-state index < -0.39 is 0 Å². The molecule has 1 saturated carbocycles. The molecule has 3 aliphatic rings. The summed E-state index contributed by atoms with van der Waals surface area (Å²) in [7, 11) is 1.83. The van der Waals surface area contributed by atoms with Gasteiger partial charge in [0, 0.05) is 20.2 Å². The molecule has 2 aliphatic heterocycles. The normalized spacial score (nSPS) is 43.5. The Labute approximate surface area is 67.7 Å². The number of piperidine rings is 2. The number of hydrogen-bond acceptors (Lipinski definition) is 2. The van der Waals surface area contributed by atoms with Crippen LogP contribution in [-0.4, -0.2) is 26.3 Å². The molecule has 1 N–H and O–H groups in total. The summed E-state index contributed by atoms with van der Waals surface area (Å²) in [5.74, 6) is 1.66. The zero-order valence-electron chi connectivity index (χ0n) is 6.17. The summed E-state index contributed by atoms with van der Waals surface area (Å²) in [5.41, 5.74) is 0. The third-order valence-corrected chi connectivity index (χ3v) is 2.62. The first kappa shape index (κ1) is 8.31. The number of halogens is 1. The second kappa shape index (κ2) is 3.07. The van der Waals surface area contributed by atoms with Gasteiger partial charge in [-0.2, -0.15) is 0 Å². The van der Waals surface area contributed by atoms with E-state index in [1.807, 2.05) is 7.11 Å². The molecule has 1 unspecified atom stereocenters.